The zero-order valence-electron chi connectivity index (χ0n) is 10.9. The van der Waals surface area contributed by atoms with Gasteiger partial charge in [-0.25, -0.2) is 5.48 Å². The van der Waals surface area contributed by atoms with Crippen LogP contribution < -0.4 is 10.2 Å². The molecule has 1 aliphatic carbocycles. The van der Waals surface area contributed by atoms with Crippen LogP contribution in [0.25, 0.3) is 0 Å². The summed E-state index contributed by atoms with van der Waals surface area (Å²) in [4.78, 5) is 17.2. The lowest BCUT2D eigenvalue weighted by Gasteiger charge is -2.17. The topological polar surface area (TPSA) is 47.6 Å². The molecule has 1 N–H and O–H groups in total. The molecule has 1 unspecified atom stereocenters. The molecule has 1 fully saturated rings. The fourth-order valence-corrected chi connectivity index (χ4v) is 2.20. The van der Waals surface area contributed by atoms with E-state index in [1.165, 1.54) is 0 Å². The minimum Gasteiger partial charge on any atom is -0.479 e. The van der Waals surface area contributed by atoms with E-state index in [4.69, 9.17) is 21.2 Å². The van der Waals surface area contributed by atoms with Crippen molar-refractivity contribution in [3.8, 4) is 5.75 Å². The Kier molecular flexibility index (Phi) is 5.05. The van der Waals surface area contributed by atoms with Crippen molar-refractivity contribution in [1.82, 2.24) is 5.48 Å². The van der Waals surface area contributed by atoms with E-state index in [1.807, 2.05) is 6.07 Å². The summed E-state index contributed by atoms with van der Waals surface area (Å²) in [5, 5.41) is 0.485. The van der Waals surface area contributed by atoms with Crippen LogP contribution in [-0.4, -0.2) is 18.1 Å². The first-order chi connectivity index (χ1) is 9.16. The van der Waals surface area contributed by atoms with Gasteiger partial charge in [-0.05, 0) is 31.9 Å². The van der Waals surface area contributed by atoms with Gasteiger partial charge in [-0.3, -0.25) is 9.63 Å². The van der Waals surface area contributed by atoms with Gasteiger partial charge in [0, 0.05) is 0 Å². The summed E-state index contributed by atoms with van der Waals surface area (Å²) < 4.78 is 5.50. The molecule has 0 saturated heterocycles. The number of amides is 1. The number of nitrogens with one attached hydrogen (secondary N) is 1. The van der Waals surface area contributed by atoms with Gasteiger partial charge in [0.05, 0.1) is 11.1 Å². The van der Waals surface area contributed by atoms with Crippen LogP contribution >= 0.6 is 11.6 Å². The lowest BCUT2D eigenvalue weighted by molar-refractivity contribution is -0.144. The standard InChI is InChI=1S/C14H18ClNO3/c1-10(18-13-9-5-4-8-12(13)15)14(17)16-19-11-6-2-3-7-11/h4-5,8-11H,2-3,6-7H2,1H3,(H,16,17). The van der Waals surface area contributed by atoms with Crippen molar-refractivity contribution in [2.75, 3.05) is 0 Å². The zero-order chi connectivity index (χ0) is 13.7. The number of carbonyl (C=O) groups excluding carboxylic acids is 1. The van der Waals surface area contributed by atoms with E-state index in [0.717, 1.165) is 25.7 Å². The molecule has 19 heavy (non-hydrogen) atoms. The van der Waals surface area contributed by atoms with Crippen molar-refractivity contribution >= 4 is 17.5 Å². The number of rotatable bonds is 5. The molecule has 2 rings (SSSR count). The molecule has 1 amide bonds. The summed E-state index contributed by atoms with van der Waals surface area (Å²) in [6.07, 6.45) is 3.80. The number of halogens is 1. The van der Waals surface area contributed by atoms with E-state index in [2.05, 4.69) is 5.48 Å². The first kappa shape index (κ1) is 14.2. The number of ether oxygens (including phenoxy) is 1. The fourth-order valence-electron chi connectivity index (χ4n) is 2.01. The van der Waals surface area contributed by atoms with Gasteiger partial charge in [0.1, 0.15) is 5.75 Å². The van der Waals surface area contributed by atoms with Crippen molar-refractivity contribution in [2.45, 2.75) is 44.8 Å². The summed E-state index contributed by atoms with van der Waals surface area (Å²) in [6.45, 7) is 1.66. The number of hydroxylamine groups is 1. The average Bonchev–Trinajstić information content (AvgIpc) is 2.91. The average molecular weight is 284 g/mol. The van der Waals surface area contributed by atoms with Crippen LogP contribution in [0.15, 0.2) is 24.3 Å². The number of para-hydroxylation sites is 1. The van der Waals surface area contributed by atoms with Crippen LogP contribution in [0.2, 0.25) is 5.02 Å². The van der Waals surface area contributed by atoms with Crippen molar-refractivity contribution in [1.29, 1.82) is 0 Å². The second-order valence-corrected chi connectivity index (χ2v) is 5.09. The minimum absolute atomic E-state index is 0.136. The zero-order valence-corrected chi connectivity index (χ0v) is 11.7. The van der Waals surface area contributed by atoms with E-state index in [9.17, 15) is 4.79 Å². The molecule has 0 radical (unpaired) electrons. The van der Waals surface area contributed by atoms with E-state index in [0.29, 0.717) is 10.8 Å². The molecule has 1 aromatic rings. The predicted molar refractivity (Wildman–Crippen MR) is 73.0 cm³/mol. The Morgan fingerprint density at radius 3 is 2.74 bits per heavy atom. The number of hydrogen-bond donors (Lipinski definition) is 1. The predicted octanol–water partition coefficient (Wildman–Crippen LogP) is 3.10. The van der Waals surface area contributed by atoms with Gasteiger partial charge in [-0.1, -0.05) is 36.6 Å². The normalized spacial score (nSPS) is 17.2. The van der Waals surface area contributed by atoms with Crippen molar-refractivity contribution < 1.29 is 14.4 Å². The van der Waals surface area contributed by atoms with Gasteiger partial charge in [-0.15, -0.1) is 0 Å². The summed E-state index contributed by atoms with van der Waals surface area (Å²) in [6, 6.07) is 7.06. The molecular weight excluding hydrogens is 266 g/mol. The smallest absolute Gasteiger partial charge is 0.284 e. The molecule has 0 aliphatic heterocycles. The summed E-state index contributed by atoms with van der Waals surface area (Å²) in [7, 11) is 0. The van der Waals surface area contributed by atoms with Crippen molar-refractivity contribution in [2.24, 2.45) is 0 Å². The van der Waals surface area contributed by atoms with Gasteiger partial charge in [-0.2, -0.15) is 0 Å². The Bertz CT molecular complexity index is 432. The van der Waals surface area contributed by atoms with Crippen molar-refractivity contribution in [3.05, 3.63) is 29.3 Å². The Balaban J connectivity index is 1.80. The molecule has 5 heteroatoms. The van der Waals surface area contributed by atoms with Crippen LogP contribution in [0.1, 0.15) is 32.6 Å². The highest BCUT2D eigenvalue weighted by molar-refractivity contribution is 6.32. The summed E-state index contributed by atoms with van der Waals surface area (Å²) in [5.41, 5.74) is 2.46. The van der Waals surface area contributed by atoms with E-state index >= 15 is 0 Å². The van der Waals surface area contributed by atoms with Gasteiger partial charge < -0.3 is 4.74 Å². The molecule has 1 aliphatic rings. The highest BCUT2D eigenvalue weighted by Crippen LogP contribution is 2.24. The molecule has 0 heterocycles. The first-order valence-corrected chi connectivity index (χ1v) is 6.91. The number of benzene rings is 1. The SMILES string of the molecule is CC(Oc1ccccc1Cl)C(=O)NOC1CCCC1. The van der Waals surface area contributed by atoms with Crippen LogP contribution in [0.4, 0.5) is 0 Å². The van der Waals surface area contributed by atoms with E-state index in [1.54, 1.807) is 25.1 Å². The van der Waals surface area contributed by atoms with E-state index in [-0.39, 0.29) is 12.0 Å². The molecule has 1 saturated carbocycles. The first-order valence-electron chi connectivity index (χ1n) is 6.53. The fraction of sp³-hybridized carbons (Fsp3) is 0.500. The Hall–Kier alpha value is -1.26. The molecule has 0 aromatic heterocycles. The van der Waals surface area contributed by atoms with Crippen LogP contribution in [-0.2, 0) is 9.63 Å². The second kappa shape index (κ2) is 6.78. The Morgan fingerprint density at radius 2 is 2.05 bits per heavy atom. The molecule has 1 atom stereocenters. The van der Waals surface area contributed by atoms with Crippen LogP contribution in [0, 0.1) is 0 Å². The maximum atomic E-state index is 11.8. The van der Waals surface area contributed by atoms with Gasteiger partial charge in [0.25, 0.3) is 5.91 Å². The van der Waals surface area contributed by atoms with Crippen LogP contribution in [0.3, 0.4) is 0 Å². The Labute approximate surface area is 118 Å². The largest absolute Gasteiger partial charge is 0.479 e. The van der Waals surface area contributed by atoms with Gasteiger partial charge in [0.15, 0.2) is 6.10 Å². The number of carbonyl (C=O) groups is 1. The minimum atomic E-state index is -0.652. The number of hydrogen-bond acceptors (Lipinski definition) is 3. The molecule has 4 nitrogen and oxygen atoms in total. The van der Waals surface area contributed by atoms with Crippen LogP contribution in [0.5, 0.6) is 5.75 Å². The third kappa shape index (κ3) is 4.11. The quantitative estimate of drug-likeness (QED) is 0.845. The third-order valence-electron chi connectivity index (χ3n) is 3.14. The lowest BCUT2D eigenvalue weighted by Crippen LogP contribution is -2.38. The van der Waals surface area contributed by atoms with Crippen molar-refractivity contribution in [3.63, 3.8) is 0 Å². The summed E-state index contributed by atoms with van der Waals surface area (Å²) in [5.74, 6) is 0.194. The van der Waals surface area contributed by atoms with Gasteiger partial charge >= 0.3 is 0 Å². The second-order valence-electron chi connectivity index (χ2n) is 4.68. The Morgan fingerprint density at radius 1 is 1.37 bits per heavy atom. The monoisotopic (exact) mass is 283 g/mol. The molecule has 0 bridgehead atoms. The summed E-state index contributed by atoms with van der Waals surface area (Å²) >= 11 is 5.97. The van der Waals surface area contributed by atoms with Gasteiger partial charge in [0.2, 0.25) is 0 Å². The third-order valence-corrected chi connectivity index (χ3v) is 3.45. The maximum absolute atomic E-state index is 11.8. The molecule has 104 valence electrons. The maximum Gasteiger partial charge on any atom is 0.284 e. The highest BCUT2D eigenvalue weighted by Gasteiger charge is 2.20. The highest BCUT2D eigenvalue weighted by atomic mass is 35.5. The van der Waals surface area contributed by atoms with E-state index < -0.39 is 6.10 Å². The lowest BCUT2D eigenvalue weighted by atomic mass is 10.3. The molecule has 0 spiro atoms. The molecular formula is C14H18ClNO3. The molecule has 1 aromatic carbocycles.